The third-order valence-electron chi connectivity index (χ3n) is 2.68. The van der Waals surface area contributed by atoms with Crippen molar-refractivity contribution in [1.29, 1.82) is 0 Å². The van der Waals surface area contributed by atoms with Crippen LogP contribution in [0, 0.1) is 0 Å². The van der Waals surface area contributed by atoms with Crippen LogP contribution in [0.15, 0.2) is 46.7 Å². The molecule has 0 bridgehead atoms. The monoisotopic (exact) mass is 393 g/mol. The smallest absolute Gasteiger partial charge is 0.206 e. The molecule has 2 aromatic rings. The van der Waals surface area contributed by atoms with E-state index in [4.69, 9.17) is 11.6 Å². The van der Waals surface area contributed by atoms with Crippen molar-refractivity contribution in [3.8, 4) is 0 Å². The van der Waals surface area contributed by atoms with E-state index in [0.717, 1.165) is 16.9 Å². The third-order valence-corrected chi connectivity index (χ3v) is 6.58. The lowest BCUT2D eigenvalue weighted by Crippen LogP contribution is -2.31. The Kier molecular flexibility index (Phi) is 5.63. The summed E-state index contributed by atoms with van der Waals surface area (Å²) in [6, 6.07) is 12.7. The fraction of sp³-hybridized carbons (Fsp3) is 0.231. The van der Waals surface area contributed by atoms with Crippen LogP contribution in [0.1, 0.15) is 5.56 Å². The molecular weight excluding hydrogens is 382 g/mol. The van der Waals surface area contributed by atoms with E-state index in [2.05, 4.69) is 15.9 Å². The average molecular weight is 395 g/mol. The molecule has 20 heavy (non-hydrogen) atoms. The van der Waals surface area contributed by atoms with E-state index in [-0.39, 0.29) is 4.21 Å². The van der Waals surface area contributed by atoms with Crippen LogP contribution in [0.5, 0.6) is 0 Å². The Morgan fingerprint density at radius 2 is 1.85 bits per heavy atom. The summed E-state index contributed by atoms with van der Waals surface area (Å²) in [5.74, 6) is 0. The first kappa shape index (κ1) is 16.0. The summed E-state index contributed by atoms with van der Waals surface area (Å²) < 4.78 is 27.4. The second-order valence-electron chi connectivity index (χ2n) is 4.07. The number of rotatable bonds is 6. The molecule has 3 nitrogen and oxygen atoms in total. The van der Waals surface area contributed by atoms with Gasteiger partial charge in [0.25, 0.3) is 10.0 Å². The van der Waals surface area contributed by atoms with Crippen LogP contribution in [0.25, 0.3) is 0 Å². The summed E-state index contributed by atoms with van der Waals surface area (Å²) in [5.41, 5.74) is 0.958. The van der Waals surface area contributed by atoms with E-state index in [1.54, 1.807) is 12.1 Å². The predicted molar refractivity (Wildman–Crippen MR) is 87.2 cm³/mol. The quantitative estimate of drug-likeness (QED) is 0.695. The molecule has 0 spiro atoms. The molecular formula is C13H13BrClNO2S2. The van der Waals surface area contributed by atoms with Gasteiger partial charge in [0.2, 0.25) is 0 Å². The van der Waals surface area contributed by atoms with Crippen LogP contribution in [0.3, 0.4) is 0 Å². The van der Waals surface area contributed by atoms with Crippen LogP contribution in [0.2, 0.25) is 4.34 Å². The second kappa shape index (κ2) is 7.04. The van der Waals surface area contributed by atoms with E-state index in [9.17, 15) is 8.42 Å². The molecule has 0 amide bonds. The number of nitrogens with zero attached hydrogens (tertiary/aromatic N) is 1. The molecule has 0 aliphatic carbocycles. The van der Waals surface area contributed by atoms with Gasteiger partial charge in [-0.25, -0.2) is 8.42 Å². The molecule has 108 valence electrons. The Hall–Kier alpha value is -0.400. The Morgan fingerprint density at radius 3 is 2.40 bits per heavy atom. The second-order valence-corrected chi connectivity index (χ2v) is 8.74. The summed E-state index contributed by atoms with van der Waals surface area (Å²) >= 11 is 10.2. The molecule has 1 heterocycles. The molecule has 0 N–H and O–H groups in total. The minimum Gasteiger partial charge on any atom is -0.206 e. The van der Waals surface area contributed by atoms with Gasteiger partial charge in [-0.15, -0.1) is 11.3 Å². The molecule has 0 saturated heterocycles. The summed E-state index contributed by atoms with van der Waals surface area (Å²) in [7, 11) is -3.50. The first-order chi connectivity index (χ1) is 9.54. The minimum atomic E-state index is -3.50. The largest absolute Gasteiger partial charge is 0.252 e. The van der Waals surface area contributed by atoms with Crippen molar-refractivity contribution < 1.29 is 8.42 Å². The van der Waals surface area contributed by atoms with E-state index in [1.807, 2.05) is 30.3 Å². The Morgan fingerprint density at radius 1 is 1.15 bits per heavy atom. The first-order valence-corrected chi connectivity index (χ1v) is 9.65. The highest BCUT2D eigenvalue weighted by Crippen LogP contribution is 2.28. The SMILES string of the molecule is O=S(=O)(c1ccc(Cl)s1)N(CCBr)Cc1ccccc1. The van der Waals surface area contributed by atoms with Gasteiger partial charge in [0.05, 0.1) is 4.34 Å². The van der Waals surface area contributed by atoms with Crippen molar-refractivity contribution in [2.24, 2.45) is 0 Å². The van der Waals surface area contributed by atoms with E-state index < -0.39 is 10.0 Å². The highest BCUT2D eigenvalue weighted by Gasteiger charge is 2.25. The summed E-state index contributed by atoms with van der Waals surface area (Å²) in [5, 5.41) is 0.582. The number of hydrogen-bond acceptors (Lipinski definition) is 3. The average Bonchev–Trinajstić information content (AvgIpc) is 2.87. The molecule has 2 rings (SSSR count). The molecule has 0 radical (unpaired) electrons. The summed E-state index contributed by atoms with van der Waals surface area (Å²) in [6.07, 6.45) is 0. The van der Waals surface area contributed by atoms with Gasteiger partial charge in [-0.2, -0.15) is 4.31 Å². The molecule has 0 unspecified atom stereocenters. The van der Waals surface area contributed by atoms with Crippen LogP contribution < -0.4 is 0 Å². The van der Waals surface area contributed by atoms with Crippen LogP contribution >= 0.6 is 38.9 Å². The lowest BCUT2D eigenvalue weighted by Gasteiger charge is -2.20. The van der Waals surface area contributed by atoms with Gasteiger partial charge in [-0.05, 0) is 17.7 Å². The molecule has 1 aromatic heterocycles. The molecule has 7 heteroatoms. The minimum absolute atomic E-state index is 0.277. The van der Waals surface area contributed by atoms with Gasteiger partial charge >= 0.3 is 0 Å². The van der Waals surface area contributed by atoms with Crippen molar-refractivity contribution in [2.45, 2.75) is 10.8 Å². The number of hydrogen-bond donors (Lipinski definition) is 0. The van der Waals surface area contributed by atoms with Gasteiger partial charge in [-0.1, -0.05) is 57.9 Å². The molecule has 1 aromatic carbocycles. The van der Waals surface area contributed by atoms with Gasteiger partial charge in [0, 0.05) is 18.4 Å². The molecule has 0 saturated carbocycles. The molecule has 0 aliphatic rings. The fourth-order valence-corrected chi connectivity index (χ4v) is 5.46. The van der Waals surface area contributed by atoms with Gasteiger partial charge in [-0.3, -0.25) is 0 Å². The lowest BCUT2D eigenvalue weighted by molar-refractivity contribution is 0.428. The summed E-state index contributed by atoms with van der Waals surface area (Å²) in [4.78, 5) is 0. The molecule has 0 aliphatic heterocycles. The normalized spacial score (nSPS) is 11.9. The zero-order valence-corrected chi connectivity index (χ0v) is 14.5. The Bertz CT molecular complexity index is 658. The Balaban J connectivity index is 2.28. The maximum atomic E-state index is 12.6. The first-order valence-electron chi connectivity index (χ1n) is 5.89. The fourth-order valence-electron chi connectivity index (χ4n) is 1.73. The van der Waals surface area contributed by atoms with Crippen molar-refractivity contribution in [2.75, 3.05) is 11.9 Å². The zero-order chi connectivity index (χ0) is 14.6. The molecule has 0 atom stereocenters. The van der Waals surface area contributed by atoms with E-state index in [1.165, 1.54) is 4.31 Å². The number of thiophene rings is 1. The van der Waals surface area contributed by atoms with Gasteiger partial charge in [0.1, 0.15) is 4.21 Å². The van der Waals surface area contributed by atoms with Crippen molar-refractivity contribution >= 4 is 48.9 Å². The predicted octanol–water partition coefficient (Wildman–Crippen LogP) is 3.99. The van der Waals surface area contributed by atoms with Crippen LogP contribution in [-0.4, -0.2) is 24.6 Å². The topological polar surface area (TPSA) is 37.4 Å². The number of halogens is 2. The highest BCUT2D eigenvalue weighted by molar-refractivity contribution is 9.09. The zero-order valence-electron chi connectivity index (χ0n) is 10.5. The maximum Gasteiger partial charge on any atom is 0.252 e. The highest BCUT2D eigenvalue weighted by atomic mass is 79.9. The standard InChI is InChI=1S/C13H13BrClNO2S2/c14-8-9-16(10-11-4-2-1-3-5-11)20(17,18)13-7-6-12(15)19-13/h1-7H,8-10H2. The van der Waals surface area contributed by atoms with E-state index >= 15 is 0 Å². The van der Waals surface area contributed by atoms with E-state index in [0.29, 0.717) is 22.8 Å². The molecule has 0 fully saturated rings. The third kappa shape index (κ3) is 3.83. The lowest BCUT2D eigenvalue weighted by atomic mass is 10.2. The Labute approximate surface area is 136 Å². The maximum absolute atomic E-state index is 12.6. The van der Waals surface area contributed by atoms with Gasteiger partial charge in [0.15, 0.2) is 0 Å². The summed E-state index contributed by atoms with van der Waals surface area (Å²) in [6.45, 7) is 0.761. The van der Waals surface area contributed by atoms with Crippen molar-refractivity contribution in [1.82, 2.24) is 4.31 Å². The van der Waals surface area contributed by atoms with Crippen LogP contribution in [0.4, 0.5) is 0 Å². The van der Waals surface area contributed by atoms with Crippen molar-refractivity contribution in [3.05, 3.63) is 52.4 Å². The van der Waals surface area contributed by atoms with Crippen LogP contribution in [-0.2, 0) is 16.6 Å². The number of benzene rings is 1. The van der Waals surface area contributed by atoms with Crippen molar-refractivity contribution in [3.63, 3.8) is 0 Å². The van der Waals surface area contributed by atoms with Gasteiger partial charge < -0.3 is 0 Å². The number of sulfonamides is 1. The number of alkyl halides is 1.